The SMILES string of the molecule is Cc1c(C)n(C(N)=O)c2cc(Nc3cc(N)ncn3)ccc12. The van der Waals surface area contributed by atoms with Crippen molar-refractivity contribution in [1.82, 2.24) is 14.5 Å². The van der Waals surface area contributed by atoms with Crippen LogP contribution < -0.4 is 16.8 Å². The van der Waals surface area contributed by atoms with E-state index in [9.17, 15) is 4.79 Å². The van der Waals surface area contributed by atoms with Crippen LogP contribution in [-0.4, -0.2) is 20.6 Å². The number of hydrogen-bond donors (Lipinski definition) is 3. The van der Waals surface area contributed by atoms with E-state index in [0.717, 1.165) is 27.8 Å². The number of aromatic nitrogens is 3. The van der Waals surface area contributed by atoms with Crippen LogP contribution in [-0.2, 0) is 0 Å². The first kappa shape index (κ1) is 13.9. The number of amides is 1. The molecule has 0 aliphatic heterocycles. The Morgan fingerprint density at radius 2 is 2.00 bits per heavy atom. The van der Waals surface area contributed by atoms with Gasteiger partial charge in [-0.3, -0.25) is 4.57 Å². The number of fused-ring (bicyclic) bond motifs is 1. The molecule has 0 atom stereocenters. The number of carbonyl (C=O) groups is 1. The number of nitrogens with zero attached hydrogens (tertiary/aromatic N) is 3. The molecule has 22 heavy (non-hydrogen) atoms. The highest BCUT2D eigenvalue weighted by atomic mass is 16.2. The van der Waals surface area contributed by atoms with Gasteiger partial charge in [-0.15, -0.1) is 0 Å². The Bertz CT molecular complexity index is 883. The molecule has 2 aromatic heterocycles. The van der Waals surface area contributed by atoms with Crippen molar-refractivity contribution < 1.29 is 4.79 Å². The van der Waals surface area contributed by atoms with E-state index < -0.39 is 6.03 Å². The summed E-state index contributed by atoms with van der Waals surface area (Å²) in [5.74, 6) is 0.961. The predicted octanol–water partition coefficient (Wildman–Crippen LogP) is 2.30. The maximum Gasteiger partial charge on any atom is 0.323 e. The fourth-order valence-corrected chi connectivity index (χ4v) is 2.53. The first-order valence-electron chi connectivity index (χ1n) is 6.73. The molecule has 3 rings (SSSR count). The Balaban J connectivity index is 2.09. The zero-order valence-electron chi connectivity index (χ0n) is 12.3. The molecule has 0 fully saturated rings. The number of anilines is 3. The number of carbonyl (C=O) groups excluding carboxylic acids is 1. The summed E-state index contributed by atoms with van der Waals surface area (Å²) in [6.07, 6.45) is 1.39. The van der Waals surface area contributed by atoms with Crippen LogP contribution in [0.4, 0.5) is 22.1 Å². The second-order valence-corrected chi connectivity index (χ2v) is 5.07. The topological polar surface area (TPSA) is 112 Å². The van der Waals surface area contributed by atoms with Gasteiger partial charge < -0.3 is 16.8 Å². The Morgan fingerprint density at radius 1 is 1.23 bits per heavy atom. The summed E-state index contributed by atoms with van der Waals surface area (Å²) in [5.41, 5.74) is 14.5. The number of benzene rings is 1. The number of hydrogen-bond acceptors (Lipinski definition) is 5. The summed E-state index contributed by atoms with van der Waals surface area (Å²) in [7, 11) is 0. The highest BCUT2D eigenvalue weighted by Gasteiger charge is 2.14. The number of nitrogen functional groups attached to an aromatic ring is 1. The number of nitrogens with two attached hydrogens (primary N) is 2. The Kier molecular flexibility index (Phi) is 3.17. The second-order valence-electron chi connectivity index (χ2n) is 5.07. The quantitative estimate of drug-likeness (QED) is 0.671. The molecule has 1 aromatic carbocycles. The number of rotatable bonds is 2. The fourth-order valence-electron chi connectivity index (χ4n) is 2.53. The third kappa shape index (κ3) is 2.22. The van der Waals surface area contributed by atoms with Gasteiger partial charge >= 0.3 is 6.03 Å². The first-order chi connectivity index (χ1) is 10.5. The summed E-state index contributed by atoms with van der Waals surface area (Å²) < 4.78 is 1.50. The fraction of sp³-hybridized carbons (Fsp3) is 0.133. The average Bonchev–Trinajstić information content (AvgIpc) is 2.70. The maximum atomic E-state index is 11.7. The van der Waals surface area contributed by atoms with Gasteiger partial charge in [0, 0.05) is 22.8 Å². The minimum Gasteiger partial charge on any atom is -0.384 e. The molecule has 2 heterocycles. The summed E-state index contributed by atoms with van der Waals surface area (Å²) >= 11 is 0. The molecular formula is C15H16N6O. The van der Waals surface area contributed by atoms with E-state index in [4.69, 9.17) is 11.5 Å². The highest BCUT2D eigenvalue weighted by Crippen LogP contribution is 2.28. The molecule has 1 amide bonds. The van der Waals surface area contributed by atoms with Gasteiger partial charge in [-0.25, -0.2) is 14.8 Å². The van der Waals surface area contributed by atoms with Crippen LogP contribution in [0, 0.1) is 13.8 Å². The molecule has 0 aliphatic carbocycles. The third-order valence-electron chi connectivity index (χ3n) is 3.70. The van der Waals surface area contributed by atoms with Crippen LogP contribution in [0.25, 0.3) is 10.9 Å². The van der Waals surface area contributed by atoms with Gasteiger partial charge in [0.2, 0.25) is 0 Å². The summed E-state index contributed by atoms with van der Waals surface area (Å²) in [4.78, 5) is 19.6. The lowest BCUT2D eigenvalue weighted by Gasteiger charge is -2.07. The second kappa shape index (κ2) is 5.03. The van der Waals surface area contributed by atoms with Crippen LogP contribution >= 0.6 is 0 Å². The van der Waals surface area contributed by atoms with Gasteiger partial charge in [0.1, 0.15) is 18.0 Å². The zero-order valence-corrected chi connectivity index (χ0v) is 12.3. The van der Waals surface area contributed by atoms with Gasteiger partial charge in [-0.2, -0.15) is 0 Å². The molecule has 0 unspecified atom stereocenters. The lowest BCUT2D eigenvalue weighted by atomic mass is 10.1. The molecule has 0 aliphatic rings. The van der Waals surface area contributed by atoms with E-state index in [-0.39, 0.29) is 0 Å². The molecule has 0 saturated carbocycles. The van der Waals surface area contributed by atoms with E-state index in [1.807, 2.05) is 32.0 Å². The number of primary amides is 1. The van der Waals surface area contributed by atoms with Crippen LogP contribution in [0.1, 0.15) is 11.3 Å². The smallest absolute Gasteiger partial charge is 0.323 e. The summed E-state index contributed by atoms with van der Waals surface area (Å²) in [6.45, 7) is 3.84. The molecule has 0 radical (unpaired) electrons. The van der Waals surface area contributed by atoms with Crippen molar-refractivity contribution in [3.63, 3.8) is 0 Å². The van der Waals surface area contributed by atoms with E-state index in [1.54, 1.807) is 6.07 Å². The van der Waals surface area contributed by atoms with Crippen molar-refractivity contribution in [2.75, 3.05) is 11.1 Å². The van der Waals surface area contributed by atoms with E-state index in [2.05, 4.69) is 15.3 Å². The molecule has 7 heteroatoms. The van der Waals surface area contributed by atoms with Gasteiger partial charge in [-0.05, 0) is 31.5 Å². The lowest BCUT2D eigenvalue weighted by Crippen LogP contribution is -2.20. The van der Waals surface area contributed by atoms with Gasteiger partial charge in [0.05, 0.1) is 5.52 Å². The van der Waals surface area contributed by atoms with Crippen molar-refractivity contribution in [3.8, 4) is 0 Å². The number of nitrogens with one attached hydrogen (secondary N) is 1. The molecule has 3 aromatic rings. The molecule has 0 spiro atoms. The van der Waals surface area contributed by atoms with E-state index in [0.29, 0.717) is 11.6 Å². The van der Waals surface area contributed by atoms with Crippen LogP contribution in [0.2, 0.25) is 0 Å². The van der Waals surface area contributed by atoms with Crippen molar-refractivity contribution in [3.05, 3.63) is 41.9 Å². The van der Waals surface area contributed by atoms with Crippen LogP contribution in [0.15, 0.2) is 30.6 Å². The van der Waals surface area contributed by atoms with E-state index in [1.165, 1.54) is 10.9 Å². The van der Waals surface area contributed by atoms with Crippen molar-refractivity contribution >= 4 is 34.3 Å². The Morgan fingerprint density at radius 3 is 2.68 bits per heavy atom. The highest BCUT2D eigenvalue weighted by molar-refractivity contribution is 5.96. The Hall–Kier alpha value is -3.09. The zero-order chi connectivity index (χ0) is 15.9. The molecule has 112 valence electrons. The van der Waals surface area contributed by atoms with Crippen molar-refractivity contribution in [2.24, 2.45) is 5.73 Å². The number of aryl methyl sites for hydroxylation is 1. The standard InChI is InChI=1S/C15H16N6O/c1-8-9(2)21(15(17)22)12-5-10(3-4-11(8)12)20-14-6-13(16)18-7-19-14/h3-7H,1-2H3,(H2,17,22)(H3,16,18,19,20). The lowest BCUT2D eigenvalue weighted by molar-refractivity contribution is 0.251. The van der Waals surface area contributed by atoms with Gasteiger partial charge in [0.15, 0.2) is 0 Å². The summed E-state index contributed by atoms with van der Waals surface area (Å²) in [5, 5.41) is 4.13. The molecule has 0 saturated heterocycles. The monoisotopic (exact) mass is 296 g/mol. The van der Waals surface area contributed by atoms with Crippen LogP contribution in [0.3, 0.4) is 0 Å². The van der Waals surface area contributed by atoms with Gasteiger partial charge in [-0.1, -0.05) is 6.07 Å². The molecule has 7 nitrogen and oxygen atoms in total. The molecular weight excluding hydrogens is 280 g/mol. The minimum absolute atomic E-state index is 0.380. The van der Waals surface area contributed by atoms with Crippen LogP contribution in [0.5, 0.6) is 0 Å². The third-order valence-corrected chi connectivity index (χ3v) is 3.70. The molecule has 5 N–H and O–H groups in total. The minimum atomic E-state index is -0.501. The van der Waals surface area contributed by atoms with Crippen molar-refractivity contribution in [2.45, 2.75) is 13.8 Å². The predicted molar refractivity (Wildman–Crippen MR) is 86.1 cm³/mol. The summed E-state index contributed by atoms with van der Waals surface area (Å²) in [6, 6.07) is 6.85. The maximum absolute atomic E-state index is 11.7. The first-order valence-corrected chi connectivity index (χ1v) is 6.73. The largest absolute Gasteiger partial charge is 0.384 e. The molecule has 0 bridgehead atoms. The van der Waals surface area contributed by atoms with Gasteiger partial charge in [0.25, 0.3) is 0 Å². The average molecular weight is 296 g/mol. The van der Waals surface area contributed by atoms with Crippen molar-refractivity contribution in [1.29, 1.82) is 0 Å². The van der Waals surface area contributed by atoms with E-state index >= 15 is 0 Å². The Labute approximate surface area is 127 Å². The normalized spacial score (nSPS) is 10.8.